The first-order chi connectivity index (χ1) is 21.8. The van der Waals surface area contributed by atoms with Gasteiger partial charge in [-0.3, -0.25) is 10.2 Å². The Morgan fingerprint density at radius 1 is 1.02 bits per heavy atom. The van der Waals surface area contributed by atoms with Gasteiger partial charge >= 0.3 is 0 Å². The number of halogens is 4. The molecule has 1 aliphatic heterocycles. The van der Waals surface area contributed by atoms with Crippen LogP contribution in [0.1, 0.15) is 34.8 Å². The summed E-state index contributed by atoms with van der Waals surface area (Å²) in [6.45, 7) is 0.694. The summed E-state index contributed by atoms with van der Waals surface area (Å²) in [5, 5.41) is 9.82. The van der Waals surface area contributed by atoms with Crippen molar-refractivity contribution in [3.05, 3.63) is 134 Å². The van der Waals surface area contributed by atoms with Crippen LogP contribution in [0.2, 0.25) is 10.0 Å². The summed E-state index contributed by atoms with van der Waals surface area (Å²) in [5.74, 6) is 0.110. The van der Waals surface area contributed by atoms with Gasteiger partial charge < -0.3 is 14.6 Å². The van der Waals surface area contributed by atoms with Crippen LogP contribution in [0.3, 0.4) is 0 Å². The highest BCUT2D eigenvalue weighted by Crippen LogP contribution is 2.45. The van der Waals surface area contributed by atoms with E-state index in [1.54, 1.807) is 60.7 Å². The molecule has 234 valence electrons. The largest absolute Gasteiger partial charge is 0.494 e. The molecule has 4 aromatic rings. The summed E-state index contributed by atoms with van der Waals surface area (Å²) in [4.78, 5) is 19.3. The van der Waals surface area contributed by atoms with Gasteiger partial charge in [0.1, 0.15) is 11.6 Å². The van der Waals surface area contributed by atoms with Crippen LogP contribution in [0.4, 0.5) is 4.39 Å². The second kappa shape index (κ2) is 15.2. The van der Waals surface area contributed by atoms with Crippen LogP contribution in [0.5, 0.6) is 5.75 Å². The van der Waals surface area contributed by atoms with Crippen LogP contribution in [-0.2, 0) is 22.4 Å². The van der Waals surface area contributed by atoms with Crippen molar-refractivity contribution in [1.29, 1.82) is 0 Å². The van der Waals surface area contributed by atoms with Crippen LogP contribution in [0.15, 0.2) is 100 Å². The number of ether oxygens (including phenoxy) is 2. The van der Waals surface area contributed by atoms with Crippen molar-refractivity contribution in [2.24, 2.45) is 4.99 Å². The number of rotatable bonds is 13. The Bertz CT molecular complexity index is 1670. The highest BCUT2D eigenvalue weighted by atomic mass is 79.9. The molecule has 0 saturated heterocycles. The zero-order chi connectivity index (χ0) is 31.8. The van der Waals surface area contributed by atoms with E-state index in [1.807, 2.05) is 24.3 Å². The lowest BCUT2D eigenvalue weighted by Crippen LogP contribution is -2.54. The molecule has 3 N–H and O–H groups in total. The van der Waals surface area contributed by atoms with Crippen molar-refractivity contribution < 1.29 is 23.8 Å². The number of benzene rings is 4. The maximum Gasteiger partial charge on any atom is 0.266 e. The fraction of sp³-hybridized carbons (Fsp3) is 0.235. The number of hydrogen-bond acceptors (Lipinski definition) is 6. The quantitative estimate of drug-likeness (QED) is 0.102. The normalized spacial score (nSPS) is 17.4. The minimum Gasteiger partial charge on any atom is -0.494 e. The first kappa shape index (κ1) is 32.9. The molecule has 11 heteroatoms. The summed E-state index contributed by atoms with van der Waals surface area (Å²) in [6.07, 6.45) is 0.0968. The van der Waals surface area contributed by atoms with Gasteiger partial charge in [-0.25, -0.2) is 14.8 Å². The van der Waals surface area contributed by atoms with Gasteiger partial charge in [-0.2, -0.15) is 0 Å². The Labute approximate surface area is 279 Å². The Morgan fingerprint density at radius 3 is 2.47 bits per heavy atom. The third kappa shape index (κ3) is 7.85. The third-order valence-corrected chi connectivity index (χ3v) is 8.71. The van der Waals surface area contributed by atoms with E-state index in [1.165, 1.54) is 6.07 Å². The van der Waals surface area contributed by atoms with E-state index in [9.17, 15) is 9.18 Å². The molecule has 1 amide bonds. The number of aliphatic hydroxyl groups is 1. The average Bonchev–Trinajstić information content (AvgIpc) is 3.41. The summed E-state index contributed by atoms with van der Waals surface area (Å²) >= 11 is 16.6. The van der Waals surface area contributed by atoms with Crippen LogP contribution in [0, 0.1) is 5.82 Å². The van der Waals surface area contributed by atoms with Gasteiger partial charge in [-0.1, -0.05) is 81.6 Å². The molecule has 0 radical (unpaired) electrons. The Morgan fingerprint density at radius 2 is 1.76 bits per heavy atom. The predicted molar refractivity (Wildman–Crippen MR) is 177 cm³/mol. The number of nitrogens with one attached hydrogen (secondary N) is 2. The molecule has 0 saturated carbocycles. The molecule has 7 nitrogen and oxygen atoms in total. The summed E-state index contributed by atoms with van der Waals surface area (Å²) in [7, 11) is 0. The predicted octanol–water partition coefficient (Wildman–Crippen LogP) is 7.02. The maximum atomic E-state index is 14.3. The smallest absolute Gasteiger partial charge is 0.266 e. The number of aliphatic imine (C=N–C) groups is 1. The van der Waals surface area contributed by atoms with Gasteiger partial charge in [-0.15, -0.1) is 0 Å². The lowest BCUT2D eigenvalue weighted by molar-refractivity contribution is -0.130. The number of aliphatic hydroxyl groups excluding tert-OH is 1. The van der Waals surface area contributed by atoms with Gasteiger partial charge in [0.2, 0.25) is 5.90 Å². The first-order valence-corrected chi connectivity index (χ1v) is 15.9. The highest BCUT2D eigenvalue weighted by Gasteiger charge is 2.54. The van der Waals surface area contributed by atoms with E-state index in [0.717, 1.165) is 10.0 Å². The maximum absolute atomic E-state index is 14.3. The molecule has 0 unspecified atom stereocenters. The van der Waals surface area contributed by atoms with E-state index in [4.69, 9.17) is 42.8 Å². The summed E-state index contributed by atoms with van der Waals surface area (Å²) in [6, 6.07) is 26.3. The molecule has 4 aromatic carbocycles. The number of hydrogen-bond donors (Lipinski definition) is 3. The fourth-order valence-electron chi connectivity index (χ4n) is 5.05. The molecule has 1 heterocycles. The van der Waals surface area contributed by atoms with Crippen molar-refractivity contribution in [2.75, 3.05) is 19.8 Å². The minimum atomic E-state index is -1.52. The van der Waals surface area contributed by atoms with Gasteiger partial charge in [0, 0.05) is 51.6 Å². The number of amides is 1. The molecule has 1 aliphatic rings. The Hall–Kier alpha value is -3.47. The van der Waals surface area contributed by atoms with Crippen LogP contribution >= 0.6 is 39.1 Å². The fourth-order valence-corrected chi connectivity index (χ4v) is 5.99. The van der Waals surface area contributed by atoms with Crippen molar-refractivity contribution in [1.82, 2.24) is 10.9 Å². The standard InChI is InChI=1S/C34H31BrCl2FN3O4/c35-28-8-3-1-7-24(28)21-34(33(43)41-39-17-16-22-6-2-4-9-30(22)38)31(27-15-12-25(36)20-29(27)37)45-32(40-34)23-10-13-26(14-11-23)44-19-5-18-42/h1-4,6-15,20,31,39,42H,5,16-19,21H2,(H,41,43)/t31-,34-/m0/s1. The highest BCUT2D eigenvalue weighted by molar-refractivity contribution is 9.10. The first-order valence-electron chi connectivity index (χ1n) is 14.4. The zero-order valence-electron chi connectivity index (χ0n) is 24.1. The number of hydrazine groups is 1. The second-order valence-electron chi connectivity index (χ2n) is 10.4. The molecule has 0 bridgehead atoms. The van der Waals surface area contributed by atoms with Gasteiger partial charge in [-0.05, 0) is 66.1 Å². The van der Waals surface area contributed by atoms with Crippen molar-refractivity contribution in [2.45, 2.75) is 30.9 Å². The van der Waals surface area contributed by atoms with E-state index < -0.39 is 17.6 Å². The number of nitrogens with zero attached hydrogens (tertiary/aromatic N) is 1. The third-order valence-electron chi connectivity index (χ3n) is 7.37. The number of carbonyl (C=O) groups is 1. The second-order valence-corrected chi connectivity index (χ2v) is 12.1. The Kier molecular flexibility index (Phi) is 11.1. The number of carbonyl (C=O) groups excluding carboxylic acids is 1. The Balaban J connectivity index is 1.51. The SMILES string of the molecule is O=C(NNCCc1ccccc1F)[C@@]1(Cc2ccccc2Br)N=C(c2ccc(OCCCO)cc2)O[C@H]1c1ccc(Cl)cc1Cl. The van der Waals surface area contributed by atoms with E-state index >= 15 is 0 Å². The molecule has 0 fully saturated rings. The molecule has 45 heavy (non-hydrogen) atoms. The van der Waals surface area contributed by atoms with Gasteiger partial charge in [0.25, 0.3) is 5.91 Å². The molecular formula is C34H31BrCl2FN3O4. The molecule has 0 spiro atoms. The summed E-state index contributed by atoms with van der Waals surface area (Å²) in [5.41, 5.74) is 6.78. The van der Waals surface area contributed by atoms with Crippen LogP contribution < -0.4 is 15.6 Å². The molecule has 5 rings (SSSR count). The van der Waals surface area contributed by atoms with Crippen LogP contribution in [-0.4, -0.2) is 42.2 Å². The minimum absolute atomic E-state index is 0.0387. The molecule has 0 aromatic heterocycles. The van der Waals surface area contributed by atoms with E-state index in [-0.39, 0.29) is 31.3 Å². The molecule has 0 aliphatic carbocycles. The zero-order valence-corrected chi connectivity index (χ0v) is 27.2. The van der Waals surface area contributed by atoms with Crippen molar-refractivity contribution >= 4 is 50.9 Å². The van der Waals surface area contributed by atoms with Crippen molar-refractivity contribution in [3.8, 4) is 5.75 Å². The van der Waals surface area contributed by atoms with Crippen LogP contribution in [0.25, 0.3) is 0 Å². The average molecular weight is 715 g/mol. The topological polar surface area (TPSA) is 92.2 Å². The van der Waals surface area contributed by atoms with Gasteiger partial charge in [0.05, 0.1) is 6.61 Å². The molecule has 2 atom stereocenters. The van der Waals surface area contributed by atoms with Gasteiger partial charge in [0.15, 0.2) is 11.6 Å². The van der Waals surface area contributed by atoms with E-state index in [0.29, 0.717) is 51.9 Å². The molecular weight excluding hydrogens is 684 g/mol. The monoisotopic (exact) mass is 713 g/mol. The lowest BCUT2D eigenvalue weighted by atomic mass is 9.82. The lowest BCUT2D eigenvalue weighted by Gasteiger charge is -2.31. The van der Waals surface area contributed by atoms with E-state index in [2.05, 4.69) is 26.8 Å². The van der Waals surface area contributed by atoms with Crippen molar-refractivity contribution in [3.63, 3.8) is 0 Å². The summed E-state index contributed by atoms with van der Waals surface area (Å²) < 4.78 is 27.2.